The zero-order valence-electron chi connectivity index (χ0n) is 18.7. The van der Waals surface area contributed by atoms with Gasteiger partial charge >= 0.3 is 51.4 Å². The van der Waals surface area contributed by atoms with Gasteiger partial charge in [-0.2, -0.15) is 0 Å². The van der Waals surface area contributed by atoms with E-state index >= 15 is 0 Å². The van der Waals surface area contributed by atoms with Crippen molar-refractivity contribution in [2.45, 2.75) is 12.8 Å². The fourth-order valence-corrected chi connectivity index (χ4v) is 3.92. The van der Waals surface area contributed by atoms with Crippen LogP contribution in [0, 0.1) is 11.3 Å². The first-order chi connectivity index (χ1) is 14.7. The molecule has 1 heterocycles. The van der Waals surface area contributed by atoms with Gasteiger partial charge in [-0.3, -0.25) is 4.99 Å². The third kappa shape index (κ3) is 7.39. The van der Waals surface area contributed by atoms with Crippen molar-refractivity contribution in [3.63, 3.8) is 0 Å². The molecule has 5 N–H and O–H groups in total. The van der Waals surface area contributed by atoms with Crippen LogP contribution in [0.15, 0.2) is 41.4 Å². The van der Waals surface area contributed by atoms with Gasteiger partial charge in [0, 0.05) is 44.1 Å². The summed E-state index contributed by atoms with van der Waals surface area (Å²) < 4.78 is 0. The fourth-order valence-electron chi connectivity index (χ4n) is 3.92. The van der Waals surface area contributed by atoms with Gasteiger partial charge in [-0.05, 0) is 56.8 Å². The van der Waals surface area contributed by atoms with E-state index in [9.17, 15) is 0 Å². The van der Waals surface area contributed by atoms with Crippen LogP contribution in [0.5, 0.6) is 0 Å². The third-order valence-electron chi connectivity index (χ3n) is 5.56. The number of anilines is 2. The van der Waals surface area contributed by atoms with Crippen LogP contribution in [-0.4, -0.2) is 57.6 Å². The average molecular weight is 446 g/mol. The Morgan fingerprint density at radius 1 is 1.26 bits per heavy atom. The molecule has 2 aromatic carbocycles. The first-order valence-electron chi connectivity index (χ1n) is 10.5. The number of hydrogen-bond acceptors (Lipinski definition) is 6. The van der Waals surface area contributed by atoms with Crippen LogP contribution in [0.2, 0.25) is 0 Å². The van der Waals surface area contributed by atoms with Crippen molar-refractivity contribution < 1.29 is 51.4 Å². The summed E-state index contributed by atoms with van der Waals surface area (Å²) in [4.78, 5) is 6.67. The Balaban J connectivity index is 0.00000341. The molecule has 0 saturated carbocycles. The second-order valence-electron chi connectivity index (χ2n) is 7.60. The molecule has 0 radical (unpaired) electrons. The molecular formula is C23H32KN7. The van der Waals surface area contributed by atoms with Gasteiger partial charge < -0.3 is 32.0 Å². The first-order valence-corrected chi connectivity index (χ1v) is 10.5. The molecule has 1 saturated heterocycles. The molecule has 7 nitrogen and oxygen atoms in total. The molecule has 31 heavy (non-hydrogen) atoms. The molecular weight excluding hydrogens is 413 g/mol. The van der Waals surface area contributed by atoms with Crippen LogP contribution in [0.4, 0.5) is 28.4 Å². The second-order valence-corrected chi connectivity index (χ2v) is 7.60. The van der Waals surface area contributed by atoms with Crippen LogP contribution < -0.4 is 67.8 Å². The molecule has 1 fully saturated rings. The summed E-state index contributed by atoms with van der Waals surface area (Å²) in [5.41, 5.74) is 10.7. The van der Waals surface area contributed by atoms with E-state index in [0.717, 1.165) is 79.1 Å². The predicted octanol–water partition coefficient (Wildman–Crippen LogP) is 1.48. The quantitative estimate of drug-likeness (QED) is 0.311. The SMILES string of the molecule is C=Nc1cc([N-]c2ccc(NC)c(C=N)c2)ccc1NCCN1CCC(CCN)C1.[K+]. The number of nitrogens with one attached hydrogen (secondary N) is 3. The maximum absolute atomic E-state index is 7.57. The molecule has 160 valence electrons. The van der Waals surface area contributed by atoms with E-state index < -0.39 is 0 Å². The normalized spacial score (nSPS) is 15.7. The van der Waals surface area contributed by atoms with Crippen molar-refractivity contribution in [3.05, 3.63) is 47.3 Å². The smallest absolute Gasteiger partial charge is 0.658 e. The summed E-state index contributed by atoms with van der Waals surface area (Å²) in [6, 6.07) is 11.7. The fraction of sp³-hybridized carbons (Fsp3) is 0.391. The largest absolute Gasteiger partial charge is 1.00 e. The van der Waals surface area contributed by atoms with Crippen molar-refractivity contribution in [1.82, 2.24) is 4.90 Å². The number of benzene rings is 2. The van der Waals surface area contributed by atoms with Crippen LogP contribution >= 0.6 is 0 Å². The Labute approximate surface area is 228 Å². The standard InChI is InChI=1S/C23H32N7.K/c1-26-21-5-3-19(13-18(21)15-25)29-20-4-6-22(23(14-20)27-2)28-10-12-30-11-8-17(16-30)7-9-24;/h3-6,13-15,17,25-26,28H,2,7-12,16,24H2,1H3;/q-1;+1. The third-order valence-corrected chi connectivity index (χ3v) is 5.56. The maximum atomic E-state index is 7.57. The summed E-state index contributed by atoms with van der Waals surface area (Å²) >= 11 is 0. The molecule has 1 aliphatic rings. The molecule has 0 bridgehead atoms. The number of aliphatic imine (C=N–C) groups is 1. The minimum absolute atomic E-state index is 0. The predicted molar refractivity (Wildman–Crippen MR) is 129 cm³/mol. The summed E-state index contributed by atoms with van der Waals surface area (Å²) in [5.74, 6) is 0.747. The molecule has 3 rings (SSSR count). The van der Waals surface area contributed by atoms with Crippen molar-refractivity contribution in [1.29, 1.82) is 5.41 Å². The Morgan fingerprint density at radius 3 is 2.68 bits per heavy atom. The summed E-state index contributed by atoms with van der Waals surface area (Å²) in [6.45, 7) is 8.67. The number of hydrogen-bond donors (Lipinski definition) is 4. The summed E-state index contributed by atoms with van der Waals surface area (Å²) in [5, 5.41) is 18.8. The van der Waals surface area contributed by atoms with E-state index in [2.05, 4.69) is 32.6 Å². The Hall–Kier alpha value is -1.26. The monoisotopic (exact) mass is 445 g/mol. The van der Waals surface area contributed by atoms with Crippen LogP contribution in [0.3, 0.4) is 0 Å². The summed E-state index contributed by atoms with van der Waals surface area (Å²) in [7, 11) is 1.84. The van der Waals surface area contributed by atoms with Crippen LogP contribution in [0.1, 0.15) is 18.4 Å². The Morgan fingerprint density at radius 2 is 2.00 bits per heavy atom. The van der Waals surface area contributed by atoms with Crippen LogP contribution in [-0.2, 0) is 0 Å². The minimum Gasteiger partial charge on any atom is -0.658 e. The first kappa shape index (κ1) is 26.0. The molecule has 0 aliphatic carbocycles. The number of nitrogens with zero attached hydrogens (tertiary/aromatic N) is 3. The molecule has 1 unspecified atom stereocenters. The zero-order chi connectivity index (χ0) is 21.3. The van der Waals surface area contributed by atoms with Gasteiger partial charge in [-0.1, -0.05) is 18.2 Å². The van der Waals surface area contributed by atoms with Gasteiger partial charge in [-0.15, -0.1) is 11.4 Å². The van der Waals surface area contributed by atoms with Crippen LogP contribution in [0.25, 0.3) is 5.32 Å². The molecule has 0 spiro atoms. The second kappa shape index (κ2) is 13.3. The topological polar surface area (TPSA) is 104 Å². The van der Waals surface area contributed by atoms with E-state index in [-0.39, 0.29) is 51.4 Å². The van der Waals surface area contributed by atoms with E-state index in [1.807, 2.05) is 43.4 Å². The summed E-state index contributed by atoms with van der Waals surface area (Å²) in [6.07, 6.45) is 3.70. The van der Waals surface area contributed by atoms with Gasteiger partial charge in [0.2, 0.25) is 0 Å². The minimum atomic E-state index is 0. The van der Waals surface area contributed by atoms with Gasteiger partial charge in [0.25, 0.3) is 0 Å². The van der Waals surface area contributed by atoms with E-state index in [1.165, 1.54) is 12.6 Å². The zero-order valence-corrected chi connectivity index (χ0v) is 21.8. The van der Waals surface area contributed by atoms with E-state index in [1.54, 1.807) is 0 Å². The molecule has 0 amide bonds. The van der Waals surface area contributed by atoms with Gasteiger partial charge in [0.1, 0.15) is 0 Å². The molecule has 8 heteroatoms. The number of rotatable bonds is 11. The molecule has 2 aromatic rings. The van der Waals surface area contributed by atoms with Gasteiger partial charge in [-0.25, -0.2) is 0 Å². The van der Waals surface area contributed by atoms with Crippen molar-refractivity contribution in [3.8, 4) is 0 Å². The van der Waals surface area contributed by atoms with E-state index in [4.69, 9.17) is 11.1 Å². The molecule has 1 atom stereocenters. The van der Waals surface area contributed by atoms with E-state index in [0.29, 0.717) is 0 Å². The van der Waals surface area contributed by atoms with Crippen molar-refractivity contribution in [2.24, 2.45) is 16.6 Å². The van der Waals surface area contributed by atoms with Crippen molar-refractivity contribution in [2.75, 3.05) is 50.4 Å². The molecule has 0 aromatic heterocycles. The van der Waals surface area contributed by atoms with Crippen molar-refractivity contribution >= 4 is 41.4 Å². The molecule has 1 aliphatic heterocycles. The van der Waals surface area contributed by atoms with Gasteiger partial charge in [0.05, 0.1) is 11.4 Å². The number of nitrogens with two attached hydrogens (primary N) is 1. The van der Waals surface area contributed by atoms with Gasteiger partial charge in [0.15, 0.2) is 0 Å². The maximum Gasteiger partial charge on any atom is 1.00 e. The number of likely N-dealkylation sites (tertiary alicyclic amines) is 1. The Kier molecular flexibility index (Phi) is 11.2. The average Bonchev–Trinajstić information content (AvgIpc) is 3.22. The Bertz CT molecular complexity index is 871.